The zero-order valence-corrected chi connectivity index (χ0v) is 12.5. The third-order valence-corrected chi connectivity index (χ3v) is 3.50. The summed E-state index contributed by atoms with van der Waals surface area (Å²) in [5.74, 6) is 0. The Kier molecular flexibility index (Phi) is 7.72. The van der Waals surface area contributed by atoms with Crippen LogP contribution in [0.5, 0.6) is 0 Å². The Morgan fingerprint density at radius 3 is 2.16 bits per heavy atom. The van der Waals surface area contributed by atoms with Gasteiger partial charge in [0.1, 0.15) is 0 Å². The molecule has 1 atom stereocenters. The fourth-order valence-corrected chi connectivity index (χ4v) is 2.12. The molecule has 108 valence electrons. The average molecular weight is 264 g/mol. The highest BCUT2D eigenvalue weighted by atomic mass is 16.3. The minimum atomic E-state index is -0.296. The van der Waals surface area contributed by atoms with Crippen molar-refractivity contribution in [2.24, 2.45) is 0 Å². The summed E-state index contributed by atoms with van der Waals surface area (Å²) in [6, 6.07) is 8.65. The molecule has 0 aliphatic heterocycles. The molecule has 0 saturated heterocycles. The number of aliphatic hydroxyl groups is 1. The fraction of sp³-hybridized carbons (Fsp3) is 0.625. The van der Waals surface area contributed by atoms with Gasteiger partial charge in [-0.1, -0.05) is 45.0 Å². The van der Waals surface area contributed by atoms with E-state index in [1.54, 1.807) is 0 Å². The van der Waals surface area contributed by atoms with Gasteiger partial charge in [-0.2, -0.15) is 0 Å². The van der Waals surface area contributed by atoms with E-state index in [1.807, 2.05) is 0 Å². The highest BCUT2D eigenvalue weighted by Crippen LogP contribution is 2.04. The molecule has 19 heavy (non-hydrogen) atoms. The van der Waals surface area contributed by atoms with E-state index >= 15 is 0 Å². The Hall–Kier alpha value is -0.900. The minimum absolute atomic E-state index is 0.296. The summed E-state index contributed by atoms with van der Waals surface area (Å²) in [5.41, 5.74) is 2.64. The summed E-state index contributed by atoms with van der Waals surface area (Å²) < 4.78 is 0. The number of rotatable bonds is 9. The third-order valence-electron chi connectivity index (χ3n) is 3.50. The predicted octanol–water partition coefficient (Wildman–Crippen LogP) is 2.04. The van der Waals surface area contributed by atoms with Crippen molar-refractivity contribution < 1.29 is 5.11 Å². The molecule has 0 aromatic heterocycles. The lowest BCUT2D eigenvalue weighted by atomic mass is 10.1. The SMILES string of the molecule is CCc1ccc(CNCC(O)CN(CC)CC)cc1. The molecule has 0 heterocycles. The van der Waals surface area contributed by atoms with Gasteiger partial charge in [0, 0.05) is 19.6 Å². The second-order valence-electron chi connectivity index (χ2n) is 4.94. The molecular weight excluding hydrogens is 236 g/mol. The monoisotopic (exact) mass is 264 g/mol. The van der Waals surface area contributed by atoms with Crippen molar-refractivity contribution in [2.75, 3.05) is 26.2 Å². The summed E-state index contributed by atoms with van der Waals surface area (Å²) in [5, 5.41) is 13.3. The molecular formula is C16H28N2O. The largest absolute Gasteiger partial charge is 0.390 e. The van der Waals surface area contributed by atoms with Crippen LogP contribution in [0.15, 0.2) is 24.3 Å². The molecule has 0 bridgehead atoms. The number of benzene rings is 1. The fourth-order valence-electron chi connectivity index (χ4n) is 2.12. The molecule has 3 heteroatoms. The lowest BCUT2D eigenvalue weighted by Gasteiger charge is -2.22. The van der Waals surface area contributed by atoms with Crippen LogP contribution in [0.25, 0.3) is 0 Å². The zero-order valence-electron chi connectivity index (χ0n) is 12.5. The van der Waals surface area contributed by atoms with Gasteiger partial charge < -0.3 is 15.3 Å². The van der Waals surface area contributed by atoms with Gasteiger partial charge in [0.15, 0.2) is 0 Å². The maximum Gasteiger partial charge on any atom is 0.0791 e. The van der Waals surface area contributed by atoms with Crippen molar-refractivity contribution in [1.29, 1.82) is 0 Å². The smallest absolute Gasteiger partial charge is 0.0791 e. The van der Waals surface area contributed by atoms with Crippen molar-refractivity contribution >= 4 is 0 Å². The van der Waals surface area contributed by atoms with Crippen LogP contribution < -0.4 is 5.32 Å². The van der Waals surface area contributed by atoms with Crippen LogP contribution in [0.2, 0.25) is 0 Å². The third kappa shape index (κ3) is 6.19. The second-order valence-corrected chi connectivity index (χ2v) is 4.94. The molecule has 0 spiro atoms. The highest BCUT2D eigenvalue weighted by Gasteiger charge is 2.08. The van der Waals surface area contributed by atoms with Crippen LogP contribution in [0.1, 0.15) is 31.9 Å². The first kappa shape index (κ1) is 16.2. The summed E-state index contributed by atoms with van der Waals surface area (Å²) in [7, 11) is 0. The van der Waals surface area contributed by atoms with E-state index in [-0.39, 0.29) is 6.10 Å². The Morgan fingerprint density at radius 2 is 1.63 bits per heavy atom. The van der Waals surface area contributed by atoms with E-state index < -0.39 is 0 Å². The van der Waals surface area contributed by atoms with Gasteiger partial charge in [-0.05, 0) is 30.6 Å². The van der Waals surface area contributed by atoms with Crippen molar-refractivity contribution in [3.8, 4) is 0 Å². The molecule has 1 unspecified atom stereocenters. The van der Waals surface area contributed by atoms with Crippen LogP contribution in [-0.2, 0) is 13.0 Å². The number of aryl methyl sites for hydroxylation is 1. The van der Waals surface area contributed by atoms with E-state index in [0.717, 1.165) is 32.6 Å². The van der Waals surface area contributed by atoms with Crippen molar-refractivity contribution in [2.45, 2.75) is 39.8 Å². The standard InChI is InChI=1S/C16H28N2O/c1-4-14-7-9-15(10-8-14)11-17-12-16(19)13-18(5-2)6-3/h7-10,16-17,19H,4-6,11-13H2,1-3H3. The molecule has 0 aliphatic carbocycles. The van der Waals surface area contributed by atoms with E-state index in [2.05, 4.69) is 55.3 Å². The number of hydrogen-bond acceptors (Lipinski definition) is 3. The van der Waals surface area contributed by atoms with Gasteiger partial charge in [-0.3, -0.25) is 0 Å². The van der Waals surface area contributed by atoms with Crippen LogP contribution in [0, 0.1) is 0 Å². The van der Waals surface area contributed by atoms with Crippen molar-refractivity contribution in [3.63, 3.8) is 0 Å². The second kappa shape index (κ2) is 9.08. The first-order valence-electron chi connectivity index (χ1n) is 7.38. The van der Waals surface area contributed by atoms with Gasteiger partial charge in [-0.15, -0.1) is 0 Å². The molecule has 0 radical (unpaired) electrons. The van der Waals surface area contributed by atoms with Crippen molar-refractivity contribution in [1.82, 2.24) is 10.2 Å². The molecule has 1 rings (SSSR count). The first-order chi connectivity index (χ1) is 9.19. The number of nitrogens with one attached hydrogen (secondary N) is 1. The molecule has 1 aromatic rings. The zero-order chi connectivity index (χ0) is 14.1. The summed E-state index contributed by atoms with van der Waals surface area (Å²) >= 11 is 0. The predicted molar refractivity (Wildman–Crippen MR) is 81.3 cm³/mol. The quantitative estimate of drug-likeness (QED) is 0.716. The summed E-state index contributed by atoms with van der Waals surface area (Å²) in [6.07, 6.45) is 0.783. The van der Waals surface area contributed by atoms with Gasteiger partial charge in [-0.25, -0.2) is 0 Å². The van der Waals surface area contributed by atoms with Crippen molar-refractivity contribution in [3.05, 3.63) is 35.4 Å². The van der Waals surface area contributed by atoms with Gasteiger partial charge >= 0.3 is 0 Å². The lowest BCUT2D eigenvalue weighted by Crippen LogP contribution is -2.38. The molecule has 0 amide bonds. The normalized spacial score (nSPS) is 12.9. The molecule has 0 saturated carbocycles. The molecule has 1 aromatic carbocycles. The number of nitrogens with zero attached hydrogens (tertiary/aromatic N) is 1. The molecule has 2 N–H and O–H groups in total. The topological polar surface area (TPSA) is 35.5 Å². The Morgan fingerprint density at radius 1 is 1.05 bits per heavy atom. The summed E-state index contributed by atoms with van der Waals surface area (Å²) in [6.45, 7) is 10.6. The molecule has 3 nitrogen and oxygen atoms in total. The first-order valence-corrected chi connectivity index (χ1v) is 7.38. The van der Waals surface area contributed by atoms with Crippen LogP contribution in [0.3, 0.4) is 0 Å². The average Bonchev–Trinajstić information content (AvgIpc) is 2.45. The van der Waals surface area contributed by atoms with E-state index in [1.165, 1.54) is 11.1 Å². The maximum absolute atomic E-state index is 9.94. The lowest BCUT2D eigenvalue weighted by molar-refractivity contribution is 0.116. The van der Waals surface area contributed by atoms with E-state index in [4.69, 9.17) is 0 Å². The minimum Gasteiger partial charge on any atom is -0.390 e. The van der Waals surface area contributed by atoms with Gasteiger partial charge in [0.2, 0.25) is 0 Å². The molecule has 0 aliphatic rings. The highest BCUT2D eigenvalue weighted by molar-refractivity contribution is 5.22. The number of hydrogen-bond donors (Lipinski definition) is 2. The van der Waals surface area contributed by atoms with Gasteiger partial charge in [0.05, 0.1) is 6.10 Å². The Balaban J connectivity index is 2.25. The Labute approximate surface area is 117 Å². The van der Waals surface area contributed by atoms with Crippen LogP contribution in [-0.4, -0.2) is 42.3 Å². The van der Waals surface area contributed by atoms with E-state index in [9.17, 15) is 5.11 Å². The number of aliphatic hydroxyl groups excluding tert-OH is 1. The van der Waals surface area contributed by atoms with Crippen LogP contribution in [0.4, 0.5) is 0 Å². The number of likely N-dealkylation sites (N-methyl/N-ethyl adjacent to an activating group) is 1. The summed E-state index contributed by atoms with van der Waals surface area (Å²) in [4.78, 5) is 2.24. The molecule has 0 fully saturated rings. The van der Waals surface area contributed by atoms with Gasteiger partial charge in [0.25, 0.3) is 0 Å². The Bertz CT molecular complexity index is 333. The van der Waals surface area contributed by atoms with Crippen LogP contribution >= 0.6 is 0 Å². The van der Waals surface area contributed by atoms with E-state index in [0.29, 0.717) is 6.54 Å². The maximum atomic E-state index is 9.94.